The second kappa shape index (κ2) is 9.92. The molecule has 6 nitrogen and oxygen atoms in total. The van der Waals surface area contributed by atoms with Crippen LogP contribution < -0.4 is 15.4 Å². The normalized spacial score (nSPS) is 9.91. The van der Waals surface area contributed by atoms with Crippen molar-refractivity contribution in [3.05, 3.63) is 103 Å². The number of carbonyl (C=O) groups excluding carboxylic acids is 1. The van der Waals surface area contributed by atoms with Crippen molar-refractivity contribution in [2.45, 2.75) is 6.92 Å². The van der Waals surface area contributed by atoms with Gasteiger partial charge in [0.15, 0.2) is 0 Å². The summed E-state index contributed by atoms with van der Waals surface area (Å²) in [6, 6.07) is 24.6. The van der Waals surface area contributed by atoms with E-state index in [-0.39, 0.29) is 5.91 Å². The van der Waals surface area contributed by atoms with Gasteiger partial charge in [-0.2, -0.15) is 0 Å². The molecule has 1 heterocycles. The number of nitrogens with zero attached hydrogens (tertiary/aromatic N) is 2. The summed E-state index contributed by atoms with van der Waals surface area (Å²) in [5, 5.41) is 6.02. The summed E-state index contributed by atoms with van der Waals surface area (Å²) < 4.78 is 5.83. The Hall–Kier alpha value is -4.63. The molecule has 0 fully saturated rings. The molecular formula is C26H20N4O2. The lowest BCUT2D eigenvalue weighted by Gasteiger charge is -2.09. The molecule has 2 N–H and O–H groups in total. The van der Waals surface area contributed by atoms with Gasteiger partial charge in [-0.1, -0.05) is 36.1 Å². The number of carbonyl (C=O) groups is 1. The maximum Gasteiger partial charge on any atom is 0.221 e. The minimum absolute atomic E-state index is 0.127. The number of aromatic nitrogens is 2. The van der Waals surface area contributed by atoms with E-state index < -0.39 is 0 Å². The van der Waals surface area contributed by atoms with Crippen molar-refractivity contribution in [2.75, 3.05) is 10.6 Å². The number of para-hydroxylation sites is 1. The minimum Gasteiger partial charge on any atom is -0.457 e. The van der Waals surface area contributed by atoms with Gasteiger partial charge in [-0.25, -0.2) is 9.97 Å². The first-order chi connectivity index (χ1) is 15.7. The molecule has 0 saturated heterocycles. The van der Waals surface area contributed by atoms with E-state index in [1.54, 1.807) is 6.20 Å². The summed E-state index contributed by atoms with van der Waals surface area (Å²) in [5.74, 6) is 8.19. The van der Waals surface area contributed by atoms with Crippen molar-refractivity contribution in [3.8, 4) is 23.3 Å². The van der Waals surface area contributed by atoms with Crippen LogP contribution in [0.4, 0.5) is 17.2 Å². The second-order valence-corrected chi connectivity index (χ2v) is 6.86. The Labute approximate surface area is 186 Å². The molecule has 0 unspecified atom stereocenters. The fourth-order valence-electron chi connectivity index (χ4n) is 2.91. The van der Waals surface area contributed by atoms with Gasteiger partial charge in [-0.05, 0) is 54.6 Å². The monoisotopic (exact) mass is 420 g/mol. The topological polar surface area (TPSA) is 76.1 Å². The minimum atomic E-state index is -0.127. The highest BCUT2D eigenvalue weighted by atomic mass is 16.5. The lowest BCUT2D eigenvalue weighted by atomic mass is 10.2. The molecule has 4 aromatic rings. The highest BCUT2D eigenvalue weighted by molar-refractivity contribution is 5.88. The van der Waals surface area contributed by atoms with Gasteiger partial charge in [0.2, 0.25) is 5.91 Å². The van der Waals surface area contributed by atoms with Crippen LogP contribution in [0.1, 0.15) is 18.1 Å². The summed E-state index contributed by atoms with van der Waals surface area (Å²) in [5.41, 5.74) is 2.97. The number of nitrogens with one attached hydrogen (secondary N) is 2. The van der Waals surface area contributed by atoms with E-state index in [0.717, 1.165) is 22.7 Å². The Morgan fingerprint density at radius 3 is 2.44 bits per heavy atom. The average molecular weight is 420 g/mol. The van der Waals surface area contributed by atoms with Gasteiger partial charge in [-0.3, -0.25) is 4.79 Å². The van der Waals surface area contributed by atoms with E-state index in [1.807, 2.05) is 78.9 Å². The molecule has 6 heteroatoms. The summed E-state index contributed by atoms with van der Waals surface area (Å²) >= 11 is 0. The Bertz CT molecular complexity index is 1280. The van der Waals surface area contributed by atoms with Gasteiger partial charge in [0.25, 0.3) is 0 Å². The molecule has 156 valence electrons. The Kier molecular flexibility index (Phi) is 6.39. The standard InChI is InChI=1S/C26H20N4O2/c1-19(31)29-23-7-5-6-20(16-23)10-11-21-17-27-18-28-26(21)30-22-12-14-25(15-13-22)32-24-8-3-2-4-9-24/h2-9,12-18H,1H3,(H,29,31)(H,27,28,30). The highest BCUT2D eigenvalue weighted by Gasteiger charge is 2.04. The average Bonchev–Trinajstić information content (AvgIpc) is 2.80. The summed E-state index contributed by atoms with van der Waals surface area (Å²) in [6.07, 6.45) is 3.13. The first-order valence-corrected chi connectivity index (χ1v) is 9.95. The van der Waals surface area contributed by atoms with Gasteiger partial charge >= 0.3 is 0 Å². The van der Waals surface area contributed by atoms with Gasteiger partial charge in [-0.15, -0.1) is 0 Å². The maximum atomic E-state index is 11.3. The molecule has 0 aliphatic rings. The fourth-order valence-corrected chi connectivity index (χ4v) is 2.91. The van der Waals surface area contributed by atoms with Crippen molar-refractivity contribution < 1.29 is 9.53 Å². The Morgan fingerprint density at radius 1 is 0.875 bits per heavy atom. The number of anilines is 3. The molecule has 1 aromatic heterocycles. The van der Waals surface area contributed by atoms with Crippen molar-refractivity contribution in [1.29, 1.82) is 0 Å². The van der Waals surface area contributed by atoms with Crippen LogP contribution in [0.3, 0.4) is 0 Å². The maximum absolute atomic E-state index is 11.3. The number of ether oxygens (including phenoxy) is 1. The molecule has 3 aromatic carbocycles. The zero-order valence-electron chi connectivity index (χ0n) is 17.4. The first-order valence-electron chi connectivity index (χ1n) is 9.95. The van der Waals surface area contributed by atoms with Crippen molar-refractivity contribution in [3.63, 3.8) is 0 Å². The van der Waals surface area contributed by atoms with E-state index in [4.69, 9.17) is 4.74 Å². The molecule has 1 amide bonds. The van der Waals surface area contributed by atoms with Crippen molar-refractivity contribution >= 4 is 23.1 Å². The summed E-state index contributed by atoms with van der Waals surface area (Å²) in [7, 11) is 0. The molecular weight excluding hydrogens is 400 g/mol. The lowest BCUT2D eigenvalue weighted by Crippen LogP contribution is -2.05. The van der Waals surface area contributed by atoms with Crippen LogP contribution in [-0.2, 0) is 4.79 Å². The van der Waals surface area contributed by atoms with Crippen LogP contribution in [-0.4, -0.2) is 15.9 Å². The lowest BCUT2D eigenvalue weighted by molar-refractivity contribution is -0.114. The van der Waals surface area contributed by atoms with E-state index in [2.05, 4.69) is 32.4 Å². The first kappa shape index (κ1) is 20.6. The van der Waals surface area contributed by atoms with Crippen molar-refractivity contribution in [2.24, 2.45) is 0 Å². The third-order valence-electron chi connectivity index (χ3n) is 4.33. The quantitative estimate of drug-likeness (QED) is 0.425. The van der Waals surface area contributed by atoms with Crippen LogP contribution in [0.5, 0.6) is 11.5 Å². The molecule has 4 rings (SSSR count). The van der Waals surface area contributed by atoms with E-state index in [1.165, 1.54) is 13.3 Å². The SMILES string of the molecule is CC(=O)Nc1cccc(C#Cc2cncnc2Nc2ccc(Oc3ccccc3)cc2)c1. The van der Waals surface area contributed by atoms with Crippen molar-refractivity contribution in [1.82, 2.24) is 9.97 Å². The molecule has 0 aliphatic heterocycles. The van der Waals surface area contributed by atoms with E-state index in [9.17, 15) is 4.79 Å². The smallest absolute Gasteiger partial charge is 0.221 e. The van der Waals surface area contributed by atoms with Crippen LogP contribution in [0.15, 0.2) is 91.4 Å². The number of hydrogen-bond donors (Lipinski definition) is 2. The number of hydrogen-bond acceptors (Lipinski definition) is 5. The fraction of sp³-hybridized carbons (Fsp3) is 0.0385. The number of rotatable bonds is 5. The van der Waals surface area contributed by atoms with Crippen LogP contribution in [0, 0.1) is 11.8 Å². The molecule has 0 saturated carbocycles. The van der Waals surface area contributed by atoms with Gasteiger partial charge in [0.1, 0.15) is 23.6 Å². The van der Waals surface area contributed by atoms with Crippen LogP contribution >= 0.6 is 0 Å². The molecule has 0 spiro atoms. The van der Waals surface area contributed by atoms with Gasteiger partial charge in [0.05, 0.1) is 5.56 Å². The van der Waals surface area contributed by atoms with Crippen LogP contribution in [0.25, 0.3) is 0 Å². The largest absolute Gasteiger partial charge is 0.457 e. The molecule has 32 heavy (non-hydrogen) atoms. The summed E-state index contributed by atoms with van der Waals surface area (Å²) in [6.45, 7) is 1.47. The molecule has 0 radical (unpaired) electrons. The third kappa shape index (κ3) is 5.71. The van der Waals surface area contributed by atoms with E-state index >= 15 is 0 Å². The number of amides is 1. The van der Waals surface area contributed by atoms with Gasteiger partial charge < -0.3 is 15.4 Å². The summed E-state index contributed by atoms with van der Waals surface area (Å²) in [4.78, 5) is 19.7. The third-order valence-corrected chi connectivity index (χ3v) is 4.33. The zero-order chi connectivity index (χ0) is 22.2. The van der Waals surface area contributed by atoms with Crippen LogP contribution in [0.2, 0.25) is 0 Å². The van der Waals surface area contributed by atoms with Gasteiger partial charge in [0, 0.05) is 30.1 Å². The molecule has 0 bridgehead atoms. The Balaban J connectivity index is 1.49. The molecule has 0 aliphatic carbocycles. The Morgan fingerprint density at radius 2 is 1.66 bits per heavy atom. The second-order valence-electron chi connectivity index (χ2n) is 6.86. The van der Waals surface area contributed by atoms with E-state index in [0.29, 0.717) is 17.1 Å². The highest BCUT2D eigenvalue weighted by Crippen LogP contribution is 2.24. The predicted octanol–water partition coefficient (Wildman–Crippen LogP) is 5.37. The molecule has 0 atom stereocenters. The zero-order valence-corrected chi connectivity index (χ0v) is 17.4. The predicted molar refractivity (Wildman–Crippen MR) is 125 cm³/mol. The number of benzene rings is 3.